The van der Waals surface area contributed by atoms with Gasteiger partial charge in [0, 0.05) is 10.6 Å². The molecule has 0 amide bonds. The van der Waals surface area contributed by atoms with Crippen molar-refractivity contribution in [1.29, 1.82) is 0 Å². The van der Waals surface area contributed by atoms with E-state index in [4.69, 9.17) is 11.6 Å². The molecule has 0 atom stereocenters. The average Bonchev–Trinajstić information content (AvgIpc) is 2.30. The average molecular weight is 291 g/mol. The number of aromatic hydroxyl groups is 1. The van der Waals surface area contributed by atoms with Crippen LogP contribution in [0.1, 0.15) is 5.56 Å². The molecule has 0 heterocycles. The summed E-state index contributed by atoms with van der Waals surface area (Å²) in [6, 6.07) is 6.48. The van der Waals surface area contributed by atoms with E-state index in [0.29, 0.717) is 12.1 Å². The zero-order chi connectivity index (χ0) is 14.2. The van der Waals surface area contributed by atoms with E-state index in [-0.39, 0.29) is 21.9 Å². The van der Waals surface area contributed by atoms with E-state index in [2.05, 4.69) is 0 Å². The summed E-state index contributed by atoms with van der Waals surface area (Å²) < 4.78 is 50.7. The second-order valence-electron chi connectivity index (χ2n) is 3.85. The van der Waals surface area contributed by atoms with E-state index in [9.17, 15) is 22.7 Å². The minimum absolute atomic E-state index is 0.116. The second-order valence-corrected chi connectivity index (χ2v) is 4.29. The molecule has 0 unspecified atom stereocenters. The van der Waals surface area contributed by atoms with Crippen molar-refractivity contribution in [2.75, 3.05) is 0 Å². The number of hydrogen-bond donors (Lipinski definition) is 1. The molecule has 0 aliphatic carbocycles. The number of rotatable bonds is 1. The Balaban J connectivity index is 2.54. The molecule has 0 radical (unpaired) electrons. The number of alkyl halides is 3. The quantitative estimate of drug-likeness (QED) is 0.743. The predicted octanol–water partition coefficient (Wildman–Crippen LogP) is 4.87. The zero-order valence-corrected chi connectivity index (χ0v) is 10.1. The molecular formula is C13H7ClF4O. The molecule has 19 heavy (non-hydrogen) atoms. The topological polar surface area (TPSA) is 20.2 Å². The molecule has 2 aromatic carbocycles. The summed E-state index contributed by atoms with van der Waals surface area (Å²) in [6.45, 7) is 0. The highest BCUT2D eigenvalue weighted by Crippen LogP contribution is 2.36. The van der Waals surface area contributed by atoms with Crippen molar-refractivity contribution in [1.82, 2.24) is 0 Å². The van der Waals surface area contributed by atoms with Gasteiger partial charge in [-0.2, -0.15) is 13.2 Å². The monoisotopic (exact) mass is 290 g/mol. The summed E-state index contributed by atoms with van der Waals surface area (Å²) >= 11 is 5.73. The third-order valence-electron chi connectivity index (χ3n) is 2.54. The fourth-order valence-corrected chi connectivity index (χ4v) is 1.82. The Morgan fingerprint density at radius 3 is 2.26 bits per heavy atom. The standard InChI is InChI=1S/C13H7ClF4O/c14-8-2-4-12(19)9(6-8)7-1-3-10(11(15)5-7)13(16,17)18/h1-6,19H. The van der Waals surface area contributed by atoms with Crippen LogP contribution >= 0.6 is 11.6 Å². The Morgan fingerprint density at radius 1 is 1.00 bits per heavy atom. The molecule has 0 saturated carbocycles. The minimum Gasteiger partial charge on any atom is -0.507 e. The van der Waals surface area contributed by atoms with Crippen molar-refractivity contribution >= 4 is 11.6 Å². The Bertz CT molecular complexity index is 623. The highest BCUT2D eigenvalue weighted by molar-refractivity contribution is 6.31. The lowest BCUT2D eigenvalue weighted by Crippen LogP contribution is -2.07. The Kier molecular flexibility index (Phi) is 3.41. The molecule has 0 spiro atoms. The SMILES string of the molecule is Oc1ccc(Cl)cc1-c1ccc(C(F)(F)F)c(F)c1. The normalized spacial score (nSPS) is 11.6. The molecule has 1 N–H and O–H groups in total. The van der Waals surface area contributed by atoms with Gasteiger partial charge in [-0.15, -0.1) is 0 Å². The lowest BCUT2D eigenvalue weighted by atomic mass is 10.0. The molecule has 0 bridgehead atoms. The molecule has 0 fully saturated rings. The van der Waals surface area contributed by atoms with Crippen molar-refractivity contribution in [3.8, 4) is 16.9 Å². The fraction of sp³-hybridized carbons (Fsp3) is 0.0769. The molecule has 100 valence electrons. The van der Waals surface area contributed by atoms with Gasteiger partial charge in [-0.3, -0.25) is 0 Å². The van der Waals surface area contributed by atoms with Crippen molar-refractivity contribution in [2.45, 2.75) is 6.18 Å². The van der Waals surface area contributed by atoms with E-state index in [1.165, 1.54) is 18.2 Å². The van der Waals surface area contributed by atoms with E-state index < -0.39 is 17.6 Å². The molecule has 0 aromatic heterocycles. The van der Waals surface area contributed by atoms with E-state index in [0.717, 1.165) is 6.07 Å². The highest BCUT2D eigenvalue weighted by atomic mass is 35.5. The van der Waals surface area contributed by atoms with Crippen LogP contribution in [-0.4, -0.2) is 5.11 Å². The van der Waals surface area contributed by atoms with Crippen molar-refractivity contribution in [2.24, 2.45) is 0 Å². The molecule has 0 saturated heterocycles. The molecule has 6 heteroatoms. The molecule has 0 aliphatic heterocycles. The van der Waals surface area contributed by atoms with Crippen LogP contribution in [0.5, 0.6) is 5.75 Å². The van der Waals surface area contributed by atoms with Gasteiger partial charge in [0.05, 0.1) is 5.56 Å². The lowest BCUT2D eigenvalue weighted by molar-refractivity contribution is -0.139. The molecule has 2 rings (SSSR count). The molecule has 2 aromatic rings. The summed E-state index contributed by atoms with van der Waals surface area (Å²) in [5.41, 5.74) is -1.07. The molecular weight excluding hydrogens is 284 g/mol. The smallest absolute Gasteiger partial charge is 0.419 e. The first-order valence-electron chi connectivity index (χ1n) is 5.14. The van der Waals surface area contributed by atoms with Crippen molar-refractivity contribution in [3.63, 3.8) is 0 Å². The van der Waals surface area contributed by atoms with Gasteiger partial charge in [-0.1, -0.05) is 17.7 Å². The Morgan fingerprint density at radius 2 is 1.68 bits per heavy atom. The Hall–Kier alpha value is -1.75. The van der Waals surface area contributed by atoms with Crippen LogP contribution in [0, 0.1) is 5.82 Å². The van der Waals surface area contributed by atoms with Gasteiger partial charge in [0.15, 0.2) is 0 Å². The van der Waals surface area contributed by atoms with Crippen LogP contribution in [0.25, 0.3) is 11.1 Å². The third kappa shape index (κ3) is 2.81. The highest BCUT2D eigenvalue weighted by Gasteiger charge is 2.34. The number of phenols is 1. The number of hydrogen-bond acceptors (Lipinski definition) is 1. The summed E-state index contributed by atoms with van der Waals surface area (Å²) in [7, 11) is 0. The van der Waals surface area contributed by atoms with Crippen LogP contribution in [0.2, 0.25) is 5.02 Å². The van der Waals surface area contributed by atoms with Crippen molar-refractivity contribution < 1.29 is 22.7 Å². The molecule has 0 aliphatic rings. The van der Waals surface area contributed by atoms with Crippen LogP contribution in [0.3, 0.4) is 0 Å². The van der Waals surface area contributed by atoms with Crippen LogP contribution < -0.4 is 0 Å². The van der Waals surface area contributed by atoms with Crippen LogP contribution in [0.15, 0.2) is 36.4 Å². The zero-order valence-electron chi connectivity index (χ0n) is 9.30. The Labute approximate surface area is 111 Å². The first-order valence-corrected chi connectivity index (χ1v) is 5.52. The first-order chi connectivity index (χ1) is 8.79. The van der Waals surface area contributed by atoms with Gasteiger partial charge >= 0.3 is 6.18 Å². The fourth-order valence-electron chi connectivity index (χ4n) is 1.65. The van der Waals surface area contributed by atoms with Gasteiger partial charge in [0.2, 0.25) is 0 Å². The maximum absolute atomic E-state index is 13.4. The largest absolute Gasteiger partial charge is 0.507 e. The second kappa shape index (κ2) is 4.74. The predicted molar refractivity (Wildman–Crippen MR) is 63.5 cm³/mol. The maximum atomic E-state index is 13.4. The molecule has 1 nitrogen and oxygen atoms in total. The third-order valence-corrected chi connectivity index (χ3v) is 2.78. The number of phenolic OH excluding ortho intramolecular Hbond substituents is 1. The number of benzene rings is 2. The summed E-state index contributed by atoms with van der Waals surface area (Å²) in [4.78, 5) is 0. The van der Waals surface area contributed by atoms with Crippen LogP contribution in [-0.2, 0) is 6.18 Å². The van der Waals surface area contributed by atoms with Gasteiger partial charge < -0.3 is 5.11 Å². The van der Waals surface area contributed by atoms with Gasteiger partial charge in [0.1, 0.15) is 11.6 Å². The maximum Gasteiger partial charge on any atom is 0.419 e. The van der Waals surface area contributed by atoms with Gasteiger partial charge in [-0.25, -0.2) is 4.39 Å². The minimum atomic E-state index is -4.75. The van der Waals surface area contributed by atoms with Crippen LogP contribution in [0.4, 0.5) is 17.6 Å². The van der Waals surface area contributed by atoms with E-state index in [1.54, 1.807) is 0 Å². The van der Waals surface area contributed by atoms with Gasteiger partial charge in [-0.05, 0) is 35.9 Å². The summed E-state index contributed by atoms with van der Waals surface area (Å²) in [5.74, 6) is -1.59. The summed E-state index contributed by atoms with van der Waals surface area (Å²) in [6.07, 6.45) is -4.75. The lowest BCUT2D eigenvalue weighted by Gasteiger charge is -2.10. The van der Waals surface area contributed by atoms with Crippen molar-refractivity contribution in [3.05, 3.63) is 52.8 Å². The summed E-state index contributed by atoms with van der Waals surface area (Å²) in [5, 5.41) is 9.89. The number of halogens is 5. The van der Waals surface area contributed by atoms with E-state index >= 15 is 0 Å². The van der Waals surface area contributed by atoms with E-state index in [1.807, 2.05) is 0 Å². The van der Waals surface area contributed by atoms with Gasteiger partial charge in [0.25, 0.3) is 0 Å². The first kappa shape index (κ1) is 13.7.